The van der Waals surface area contributed by atoms with Crippen LogP contribution in [0.2, 0.25) is 0 Å². The maximum Gasteiger partial charge on any atom is 0.325 e. The Balaban J connectivity index is 2.57. The summed E-state index contributed by atoms with van der Waals surface area (Å²) in [5, 5.41) is 4.71. The second kappa shape index (κ2) is 3.23. The highest BCUT2D eigenvalue weighted by Gasteiger charge is 2.17. The van der Waals surface area contributed by atoms with E-state index in [1.165, 1.54) is 0 Å². The minimum Gasteiger partial charge on any atom is -0.336 e. The zero-order valence-electron chi connectivity index (χ0n) is 6.39. The summed E-state index contributed by atoms with van der Waals surface area (Å²) in [4.78, 5) is 23.3. The summed E-state index contributed by atoms with van der Waals surface area (Å²) in [6.45, 7) is 3.59. The lowest BCUT2D eigenvalue weighted by atomic mass is 10.5. The van der Waals surface area contributed by atoms with Gasteiger partial charge in [0.15, 0.2) is 0 Å². The van der Waals surface area contributed by atoms with Gasteiger partial charge in [-0.25, -0.2) is 9.59 Å². The number of urea groups is 2. The fourth-order valence-corrected chi connectivity index (χ4v) is 0.928. The average Bonchev–Trinajstić information content (AvgIpc) is 2.11. The van der Waals surface area contributed by atoms with E-state index in [0.717, 1.165) is 0 Å². The third-order valence-electron chi connectivity index (χ3n) is 1.56. The molecule has 11 heavy (non-hydrogen) atoms. The normalized spacial score (nSPS) is 18.8. The Kier molecular flexibility index (Phi) is 2.30. The van der Waals surface area contributed by atoms with E-state index in [4.69, 9.17) is 0 Å². The average molecular weight is 157 g/mol. The van der Waals surface area contributed by atoms with Gasteiger partial charge in [-0.05, 0) is 6.92 Å². The topological polar surface area (TPSA) is 61.4 Å². The van der Waals surface area contributed by atoms with Crippen molar-refractivity contribution in [3.63, 3.8) is 0 Å². The van der Waals surface area contributed by atoms with Crippen LogP contribution >= 0.6 is 0 Å². The van der Waals surface area contributed by atoms with Gasteiger partial charge in [-0.3, -0.25) is 5.32 Å². The van der Waals surface area contributed by atoms with Crippen LogP contribution in [-0.2, 0) is 0 Å². The van der Waals surface area contributed by atoms with Gasteiger partial charge in [0, 0.05) is 19.6 Å². The van der Waals surface area contributed by atoms with Crippen LogP contribution in [0.4, 0.5) is 9.59 Å². The van der Waals surface area contributed by atoms with Crippen molar-refractivity contribution in [1.82, 2.24) is 15.5 Å². The summed E-state index contributed by atoms with van der Waals surface area (Å²) in [5.41, 5.74) is 0. The number of rotatable bonds is 1. The molecule has 62 valence electrons. The largest absolute Gasteiger partial charge is 0.336 e. The highest BCUT2D eigenvalue weighted by atomic mass is 16.2. The van der Waals surface area contributed by atoms with E-state index in [2.05, 4.69) is 10.6 Å². The van der Waals surface area contributed by atoms with E-state index in [9.17, 15) is 9.59 Å². The van der Waals surface area contributed by atoms with Crippen LogP contribution in [0.3, 0.4) is 0 Å². The van der Waals surface area contributed by atoms with Crippen molar-refractivity contribution in [1.29, 1.82) is 0 Å². The van der Waals surface area contributed by atoms with Crippen molar-refractivity contribution in [2.24, 2.45) is 0 Å². The first-order chi connectivity index (χ1) is 5.24. The number of likely N-dealkylation sites (N-methyl/N-ethyl adjacent to an activating group) is 1. The second-order valence-corrected chi connectivity index (χ2v) is 2.27. The zero-order chi connectivity index (χ0) is 8.27. The van der Waals surface area contributed by atoms with Crippen LogP contribution in [0.25, 0.3) is 0 Å². The number of nitrogens with zero attached hydrogens (tertiary/aromatic N) is 1. The predicted octanol–water partition coefficient (Wildman–Crippen LogP) is -0.259. The molecule has 0 aromatic heterocycles. The number of imide groups is 1. The fourth-order valence-electron chi connectivity index (χ4n) is 0.928. The van der Waals surface area contributed by atoms with E-state index in [-0.39, 0.29) is 6.03 Å². The van der Waals surface area contributed by atoms with Crippen molar-refractivity contribution in [2.45, 2.75) is 6.92 Å². The Morgan fingerprint density at radius 1 is 1.55 bits per heavy atom. The lowest BCUT2D eigenvalue weighted by molar-refractivity contribution is 0.205. The summed E-state index contributed by atoms with van der Waals surface area (Å²) in [6, 6.07) is -0.728. The number of amides is 4. The molecule has 1 aliphatic heterocycles. The predicted molar refractivity (Wildman–Crippen MR) is 39.2 cm³/mol. The van der Waals surface area contributed by atoms with Gasteiger partial charge in [0.05, 0.1) is 0 Å². The molecule has 0 aromatic carbocycles. The molecule has 1 aliphatic rings. The Morgan fingerprint density at radius 2 is 2.27 bits per heavy atom. The summed E-state index contributed by atoms with van der Waals surface area (Å²) in [5.74, 6) is 0. The Bertz CT molecular complexity index is 181. The SMILES string of the molecule is CCN1CCNC(=O)NC1=O. The van der Waals surface area contributed by atoms with Gasteiger partial charge >= 0.3 is 12.1 Å². The lowest BCUT2D eigenvalue weighted by Gasteiger charge is -2.15. The Labute approximate surface area is 64.7 Å². The Hall–Kier alpha value is -1.26. The van der Waals surface area contributed by atoms with Crippen molar-refractivity contribution in [3.05, 3.63) is 0 Å². The molecule has 5 nitrogen and oxygen atoms in total. The maximum atomic E-state index is 11.0. The van der Waals surface area contributed by atoms with E-state index < -0.39 is 6.03 Å². The molecule has 2 N–H and O–H groups in total. The third-order valence-corrected chi connectivity index (χ3v) is 1.56. The van der Waals surface area contributed by atoms with Crippen molar-refractivity contribution in [3.8, 4) is 0 Å². The molecule has 0 spiro atoms. The van der Waals surface area contributed by atoms with E-state index in [0.29, 0.717) is 19.6 Å². The molecule has 0 aliphatic carbocycles. The molecule has 5 heteroatoms. The number of carbonyl (C=O) groups excluding carboxylic acids is 2. The van der Waals surface area contributed by atoms with Crippen molar-refractivity contribution in [2.75, 3.05) is 19.6 Å². The van der Waals surface area contributed by atoms with Crippen molar-refractivity contribution < 1.29 is 9.59 Å². The third kappa shape index (κ3) is 1.83. The fraction of sp³-hybridized carbons (Fsp3) is 0.667. The molecule has 0 bridgehead atoms. The smallest absolute Gasteiger partial charge is 0.325 e. The first-order valence-corrected chi connectivity index (χ1v) is 3.57. The molecule has 1 fully saturated rings. The van der Waals surface area contributed by atoms with E-state index in [1.54, 1.807) is 4.90 Å². The molecule has 1 saturated heterocycles. The monoisotopic (exact) mass is 157 g/mol. The Morgan fingerprint density at radius 3 is 2.91 bits per heavy atom. The quantitative estimate of drug-likeness (QED) is 0.551. The minimum absolute atomic E-state index is 0.317. The molecule has 1 heterocycles. The molecular formula is C6H11N3O2. The highest BCUT2D eigenvalue weighted by Crippen LogP contribution is 1.90. The van der Waals surface area contributed by atoms with Crippen LogP contribution < -0.4 is 10.6 Å². The van der Waals surface area contributed by atoms with Gasteiger partial charge in [0.1, 0.15) is 0 Å². The minimum atomic E-state index is -0.411. The van der Waals surface area contributed by atoms with Crippen molar-refractivity contribution >= 4 is 12.1 Å². The summed E-state index contributed by atoms with van der Waals surface area (Å²) < 4.78 is 0. The molecule has 0 atom stereocenters. The van der Waals surface area contributed by atoms with Gasteiger partial charge in [0.25, 0.3) is 0 Å². The van der Waals surface area contributed by atoms with E-state index in [1.807, 2.05) is 6.92 Å². The number of hydrogen-bond acceptors (Lipinski definition) is 2. The van der Waals surface area contributed by atoms with Gasteiger partial charge in [-0.1, -0.05) is 0 Å². The molecular weight excluding hydrogens is 146 g/mol. The number of carbonyl (C=O) groups is 2. The lowest BCUT2D eigenvalue weighted by Crippen LogP contribution is -2.41. The van der Waals surface area contributed by atoms with Gasteiger partial charge < -0.3 is 10.2 Å². The first kappa shape index (κ1) is 7.84. The van der Waals surface area contributed by atoms with Gasteiger partial charge in [-0.2, -0.15) is 0 Å². The molecule has 0 unspecified atom stereocenters. The van der Waals surface area contributed by atoms with Gasteiger partial charge in [0.2, 0.25) is 0 Å². The number of hydrogen-bond donors (Lipinski definition) is 2. The molecule has 0 aromatic rings. The number of nitrogens with one attached hydrogen (secondary N) is 2. The summed E-state index contributed by atoms with van der Waals surface area (Å²) in [6.07, 6.45) is 0. The standard InChI is InChI=1S/C6H11N3O2/c1-2-9-4-3-7-5(10)8-6(9)11/h2-4H2,1H3,(H2,7,8,10,11). The first-order valence-electron chi connectivity index (χ1n) is 3.57. The zero-order valence-corrected chi connectivity index (χ0v) is 6.39. The van der Waals surface area contributed by atoms with Crippen LogP contribution in [0, 0.1) is 0 Å². The van der Waals surface area contributed by atoms with Crippen LogP contribution in [0.15, 0.2) is 0 Å². The highest BCUT2D eigenvalue weighted by molar-refractivity contribution is 5.94. The van der Waals surface area contributed by atoms with E-state index >= 15 is 0 Å². The van der Waals surface area contributed by atoms with Gasteiger partial charge in [-0.15, -0.1) is 0 Å². The molecule has 1 rings (SSSR count). The molecule has 4 amide bonds. The van der Waals surface area contributed by atoms with Crippen LogP contribution in [0.1, 0.15) is 6.92 Å². The van der Waals surface area contributed by atoms with Crippen LogP contribution in [0.5, 0.6) is 0 Å². The van der Waals surface area contributed by atoms with Crippen LogP contribution in [-0.4, -0.2) is 36.6 Å². The molecule has 0 radical (unpaired) electrons. The summed E-state index contributed by atoms with van der Waals surface area (Å²) in [7, 11) is 0. The summed E-state index contributed by atoms with van der Waals surface area (Å²) >= 11 is 0. The second-order valence-electron chi connectivity index (χ2n) is 2.27. The molecule has 0 saturated carbocycles. The maximum absolute atomic E-state index is 11.0.